The number of unbranched alkanes of at least 4 members (excludes halogenated alkanes) is 12. The van der Waals surface area contributed by atoms with Crippen LogP contribution in [0.25, 0.3) is 0 Å². The molecule has 0 amide bonds. The highest BCUT2D eigenvalue weighted by Gasteiger charge is 2.39. The molecule has 0 N–H and O–H groups in total. The lowest BCUT2D eigenvalue weighted by molar-refractivity contribution is -0.159. The van der Waals surface area contributed by atoms with E-state index in [9.17, 15) is 9.59 Å². The van der Waals surface area contributed by atoms with Gasteiger partial charge in [-0.05, 0) is 63.1 Å². The van der Waals surface area contributed by atoms with E-state index in [2.05, 4.69) is 20.8 Å². The Morgan fingerprint density at radius 1 is 0.667 bits per heavy atom. The second-order valence-corrected chi connectivity index (χ2v) is 15.0. The summed E-state index contributed by atoms with van der Waals surface area (Å²) >= 11 is 0. The Balaban J connectivity index is 1.19. The monoisotopic (exact) mass is 633 g/mol. The molecule has 1 unspecified atom stereocenters. The Kier molecular flexibility index (Phi) is 19.9. The molecule has 3 rings (SSSR count). The van der Waals surface area contributed by atoms with Crippen LogP contribution in [0.2, 0.25) is 5.82 Å². The van der Waals surface area contributed by atoms with Crippen LogP contribution >= 0.6 is 0 Å². The SMILES string of the molecule is CCCCCCCCCCCCC1COB(C2CCC(C(=O)OC3CCC(C(=O)OCC(C)CCCCCC)CC3)CC2)OC1. The largest absolute Gasteiger partial charge is 0.465 e. The molecule has 2 aliphatic carbocycles. The average Bonchev–Trinajstić information content (AvgIpc) is 3.07. The number of rotatable bonds is 22. The van der Waals surface area contributed by atoms with Crippen LogP contribution in [0.4, 0.5) is 0 Å². The van der Waals surface area contributed by atoms with E-state index in [1.165, 1.54) is 96.3 Å². The van der Waals surface area contributed by atoms with Gasteiger partial charge in [-0.1, -0.05) is 124 Å². The van der Waals surface area contributed by atoms with E-state index >= 15 is 0 Å². The van der Waals surface area contributed by atoms with Gasteiger partial charge in [-0.15, -0.1) is 0 Å². The van der Waals surface area contributed by atoms with Crippen LogP contribution in [0.5, 0.6) is 0 Å². The first-order chi connectivity index (χ1) is 22.0. The molecule has 1 saturated heterocycles. The van der Waals surface area contributed by atoms with Gasteiger partial charge in [0.05, 0.1) is 18.4 Å². The van der Waals surface area contributed by atoms with Gasteiger partial charge in [0.25, 0.3) is 0 Å². The summed E-state index contributed by atoms with van der Waals surface area (Å²) in [5, 5.41) is 0. The van der Waals surface area contributed by atoms with E-state index in [4.69, 9.17) is 18.8 Å². The highest BCUT2D eigenvalue weighted by molar-refractivity contribution is 6.46. The van der Waals surface area contributed by atoms with Crippen molar-refractivity contribution in [2.75, 3.05) is 19.8 Å². The number of carbonyl (C=O) groups excluding carboxylic acids is 2. The maximum absolute atomic E-state index is 13.0. The van der Waals surface area contributed by atoms with Crippen LogP contribution in [-0.2, 0) is 28.4 Å². The van der Waals surface area contributed by atoms with Gasteiger partial charge >= 0.3 is 19.1 Å². The van der Waals surface area contributed by atoms with Crippen molar-refractivity contribution in [1.29, 1.82) is 0 Å². The van der Waals surface area contributed by atoms with E-state index in [1.54, 1.807) is 0 Å². The van der Waals surface area contributed by atoms with Crippen molar-refractivity contribution >= 4 is 19.1 Å². The minimum atomic E-state index is -0.106. The summed E-state index contributed by atoms with van der Waals surface area (Å²) in [5.74, 6) is 1.16. The van der Waals surface area contributed by atoms with E-state index in [0.717, 1.165) is 71.0 Å². The first-order valence-corrected chi connectivity index (χ1v) is 19.6. The summed E-state index contributed by atoms with van der Waals surface area (Å²) < 4.78 is 24.0. The normalized spacial score (nSPS) is 25.2. The summed E-state index contributed by atoms with van der Waals surface area (Å²) in [6.45, 7) is 8.84. The summed E-state index contributed by atoms with van der Waals surface area (Å²) in [7, 11) is -0.106. The molecule has 45 heavy (non-hydrogen) atoms. The Hall–Kier alpha value is -1.08. The fourth-order valence-electron chi connectivity index (χ4n) is 7.57. The van der Waals surface area contributed by atoms with Gasteiger partial charge in [-0.3, -0.25) is 9.59 Å². The molecule has 260 valence electrons. The Morgan fingerprint density at radius 3 is 1.78 bits per heavy atom. The first-order valence-electron chi connectivity index (χ1n) is 19.6. The van der Waals surface area contributed by atoms with Gasteiger partial charge in [0, 0.05) is 19.1 Å². The Morgan fingerprint density at radius 2 is 1.18 bits per heavy atom. The Bertz CT molecular complexity index is 768. The van der Waals surface area contributed by atoms with Gasteiger partial charge in [-0.2, -0.15) is 0 Å². The zero-order valence-corrected chi connectivity index (χ0v) is 29.6. The van der Waals surface area contributed by atoms with Crippen LogP contribution in [0, 0.1) is 23.7 Å². The molecule has 0 aromatic rings. The lowest BCUT2D eigenvalue weighted by Crippen LogP contribution is -2.40. The number of hydrogen-bond acceptors (Lipinski definition) is 6. The van der Waals surface area contributed by atoms with Gasteiger partial charge in [-0.25, -0.2) is 0 Å². The molecule has 6 nitrogen and oxygen atoms in total. The van der Waals surface area contributed by atoms with Crippen molar-refractivity contribution < 1.29 is 28.4 Å². The fourth-order valence-corrected chi connectivity index (χ4v) is 7.57. The molecule has 0 radical (unpaired) electrons. The topological polar surface area (TPSA) is 71.1 Å². The average molecular weight is 633 g/mol. The molecule has 1 aliphatic heterocycles. The van der Waals surface area contributed by atoms with Crippen LogP contribution in [-0.4, -0.2) is 45.0 Å². The predicted molar refractivity (Wildman–Crippen MR) is 184 cm³/mol. The van der Waals surface area contributed by atoms with Crippen LogP contribution in [0.3, 0.4) is 0 Å². The molecular weight excluding hydrogens is 563 g/mol. The first kappa shape index (κ1) is 38.4. The van der Waals surface area contributed by atoms with Crippen LogP contribution in [0.1, 0.15) is 175 Å². The number of hydrogen-bond donors (Lipinski definition) is 0. The number of carbonyl (C=O) groups is 2. The van der Waals surface area contributed by atoms with Crippen LogP contribution < -0.4 is 0 Å². The summed E-state index contributed by atoms with van der Waals surface area (Å²) in [6.07, 6.45) is 27.7. The molecule has 0 bridgehead atoms. The van der Waals surface area contributed by atoms with Crippen molar-refractivity contribution in [2.24, 2.45) is 23.7 Å². The zero-order chi connectivity index (χ0) is 32.1. The van der Waals surface area contributed by atoms with Gasteiger partial charge < -0.3 is 18.8 Å². The molecule has 7 heteroatoms. The lowest BCUT2D eigenvalue weighted by atomic mass is 9.62. The van der Waals surface area contributed by atoms with E-state index in [-0.39, 0.29) is 37.0 Å². The molecule has 3 fully saturated rings. The second kappa shape index (κ2) is 23.3. The minimum Gasteiger partial charge on any atom is -0.465 e. The van der Waals surface area contributed by atoms with Crippen molar-refractivity contribution in [1.82, 2.24) is 0 Å². The van der Waals surface area contributed by atoms with Crippen LogP contribution in [0.15, 0.2) is 0 Å². The van der Waals surface area contributed by atoms with Gasteiger partial charge in [0.15, 0.2) is 0 Å². The smallest absolute Gasteiger partial charge is 0.460 e. The summed E-state index contributed by atoms with van der Waals surface area (Å²) in [5.41, 5.74) is 0. The van der Waals surface area contributed by atoms with E-state index in [0.29, 0.717) is 24.3 Å². The molecule has 0 aromatic heterocycles. The van der Waals surface area contributed by atoms with Crippen molar-refractivity contribution in [3.05, 3.63) is 0 Å². The number of ether oxygens (including phenoxy) is 2. The third-order valence-electron chi connectivity index (χ3n) is 10.8. The molecule has 3 aliphatic rings. The van der Waals surface area contributed by atoms with E-state index < -0.39 is 0 Å². The molecular formula is C38H69BO6. The highest BCUT2D eigenvalue weighted by atomic mass is 16.6. The molecule has 1 heterocycles. The molecule has 2 saturated carbocycles. The van der Waals surface area contributed by atoms with Crippen molar-refractivity contribution in [3.63, 3.8) is 0 Å². The second-order valence-electron chi connectivity index (χ2n) is 15.0. The van der Waals surface area contributed by atoms with Gasteiger partial charge in [0.1, 0.15) is 6.10 Å². The molecule has 1 atom stereocenters. The van der Waals surface area contributed by atoms with E-state index in [1.807, 2.05) is 0 Å². The Labute approximate surface area is 277 Å². The maximum Gasteiger partial charge on any atom is 0.460 e. The molecule has 0 aromatic carbocycles. The standard InChI is InChI=1S/C38H69BO6/c1-4-6-8-10-11-12-13-14-15-17-19-32-29-43-39(44-30-32)35-24-20-34(21-25-35)38(41)45-36-26-22-33(23-27-36)37(40)42-28-31(3)18-16-9-7-5-2/h31-36H,4-30H2,1-3H3. The number of esters is 2. The predicted octanol–water partition coefficient (Wildman–Crippen LogP) is 10.3. The fraction of sp³-hybridized carbons (Fsp3) is 0.947. The third-order valence-corrected chi connectivity index (χ3v) is 10.8. The summed E-state index contributed by atoms with van der Waals surface area (Å²) in [4.78, 5) is 25.6. The zero-order valence-electron chi connectivity index (χ0n) is 29.6. The highest BCUT2D eigenvalue weighted by Crippen LogP contribution is 2.38. The van der Waals surface area contributed by atoms with Crippen molar-refractivity contribution in [2.45, 2.75) is 187 Å². The van der Waals surface area contributed by atoms with Crippen molar-refractivity contribution in [3.8, 4) is 0 Å². The third kappa shape index (κ3) is 15.6. The maximum atomic E-state index is 13.0. The molecule has 0 spiro atoms. The van der Waals surface area contributed by atoms with Gasteiger partial charge in [0.2, 0.25) is 0 Å². The lowest BCUT2D eigenvalue weighted by Gasteiger charge is -2.35. The summed E-state index contributed by atoms with van der Waals surface area (Å²) in [6, 6.07) is 0. The minimum absolute atomic E-state index is 0.0181. The quantitative estimate of drug-likeness (QED) is 0.0672.